The van der Waals surface area contributed by atoms with Crippen molar-refractivity contribution >= 4 is 34.1 Å². The van der Waals surface area contributed by atoms with Gasteiger partial charge in [-0.15, -0.1) is 0 Å². The summed E-state index contributed by atoms with van der Waals surface area (Å²) < 4.78 is 19.5. The fourth-order valence-electron chi connectivity index (χ4n) is 3.24. The van der Waals surface area contributed by atoms with Gasteiger partial charge in [-0.1, -0.05) is 11.3 Å². The molecule has 158 valence electrons. The van der Waals surface area contributed by atoms with E-state index in [0.717, 1.165) is 17.4 Å². The maximum atomic E-state index is 13.7. The minimum absolute atomic E-state index is 0.0135. The zero-order chi connectivity index (χ0) is 23.0. The van der Waals surface area contributed by atoms with Gasteiger partial charge in [0.25, 0.3) is 11.1 Å². The minimum Gasteiger partial charge on any atom is -0.431 e. The highest BCUT2D eigenvalue weighted by Crippen LogP contribution is 2.41. The van der Waals surface area contributed by atoms with Crippen LogP contribution in [0.1, 0.15) is 32.1 Å². The minimum atomic E-state index is -0.906. The number of rotatable bonds is 5. The lowest BCUT2D eigenvalue weighted by Gasteiger charge is -2.13. The van der Waals surface area contributed by atoms with Crippen molar-refractivity contribution in [3.05, 3.63) is 70.8 Å². The van der Waals surface area contributed by atoms with Gasteiger partial charge in [0.1, 0.15) is 17.3 Å². The zero-order valence-electron chi connectivity index (χ0n) is 16.5. The Labute approximate surface area is 184 Å². The number of carbonyl (C=O) groups is 2. The van der Waals surface area contributed by atoms with Gasteiger partial charge in [0, 0.05) is 17.0 Å². The summed E-state index contributed by atoms with van der Waals surface area (Å²) in [6.07, 6.45) is 0. The molecule has 2 aromatic heterocycles. The predicted octanol–water partition coefficient (Wildman–Crippen LogP) is 3.67. The summed E-state index contributed by atoms with van der Waals surface area (Å²) in [7, 11) is 0. The van der Waals surface area contributed by atoms with Gasteiger partial charge in [0.2, 0.25) is 5.91 Å². The number of thiazole rings is 1. The Morgan fingerprint density at radius 2 is 1.81 bits per heavy atom. The van der Waals surface area contributed by atoms with Crippen LogP contribution in [0.15, 0.2) is 42.5 Å². The number of aryl methyl sites for hydroxylation is 1. The summed E-state index contributed by atoms with van der Waals surface area (Å²) in [6.45, 7) is 1.67. The standard InChI is InChI=1S/C22H14FN5O3S/c1-10-19(32-22(27-10)31-13-5-2-11(9-24)3-6-13)17-16(20(25)29)14-7-4-12(23)8-15(14)28-18(17)21(26)30/h2-8H,1H3,(H2,25,29)(H2,26,30). The van der Waals surface area contributed by atoms with Crippen molar-refractivity contribution in [2.75, 3.05) is 0 Å². The van der Waals surface area contributed by atoms with E-state index in [2.05, 4.69) is 9.97 Å². The number of nitriles is 1. The summed E-state index contributed by atoms with van der Waals surface area (Å²) in [5, 5.41) is 9.42. The third kappa shape index (κ3) is 3.73. The Bertz CT molecular complexity index is 1440. The molecule has 2 heterocycles. The highest BCUT2D eigenvalue weighted by molar-refractivity contribution is 7.17. The highest BCUT2D eigenvalue weighted by Gasteiger charge is 2.27. The summed E-state index contributed by atoms with van der Waals surface area (Å²) in [5.74, 6) is -1.88. The van der Waals surface area contributed by atoms with Gasteiger partial charge in [0.05, 0.1) is 33.3 Å². The number of carbonyl (C=O) groups excluding carboxylic acids is 2. The lowest BCUT2D eigenvalue weighted by Crippen LogP contribution is -2.20. The first kappa shape index (κ1) is 20.9. The third-order valence-corrected chi connectivity index (χ3v) is 5.67. The van der Waals surface area contributed by atoms with Crippen molar-refractivity contribution in [3.8, 4) is 27.5 Å². The molecule has 4 N–H and O–H groups in total. The van der Waals surface area contributed by atoms with Crippen molar-refractivity contribution in [1.82, 2.24) is 9.97 Å². The number of aromatic nitrogens is 2. The second-order valence-electron chi connectivity index (χ2n) is 6.73. The van der Waals surface area contributed by atoms with Crippen LogP contribution in [-0.4, -0.2) is 21.8 Å². The number of amides is 2. The van der Waals surface area contributed by atoms with E-state index >= 15 is 0 Å². The van der Waals surface area contributed by atoms with E-state index in [-0.39, 0.29) is 32.9 Å². The van der Waals surface area contributed by atoms with Crippen LogP contribution in [0.2, 0.25) is 0 Å². The summed E-state index contributed by atoms with van der Waals surface area (Å²) in [4.78, 5) is 33.6. The van der Waals surface area contributed by atoms with Gasteiger partial charge in [0.15, 0.2) is 0 Å². The van der Waals surface area contributed by atoms with E-state index in [1.807, 2.05) is 6.07 Å². The number of halogens is 1. The monoisotopic (exact) mass is 447 g/mol. The highest BCUT2D eigenvalue weighted by atomic mass is 32.1. The number of hydrogen-bond acceptors (Lipinski definition) is 7. The lowest BCUT2D eigenvalue weighted by molar-refractivity contribution is 0.0996. The number of primary amides is 2. The van der Waals surface area contributed by atoms with E-state index in [1.165, 1.54) is 12.1 Å². The second kappa shape index (κ2) is 8.05. The largest absolute Gasteiger partial charge is 0.431 e. The van der Waals surface area contributed by atoms with Crippen molar-refractivity contribution in [2.24, 2.45) is 11.5 Å². The molecule has 4 aromatic rings. The summed E-state index contributed by atoms with van der Waals surface area (Å²) in [5.41, 5.74) is 12.1. The van der Waals surface area contributed by atoms with Crippen LogP contribution in [0.3, 0.4) is 0 Å². The van der Waals surface area contributed by atoms with Crippen molar-refractivity contribution in [3.63, 3.8) is 0 Å². The van der Waals surface area contributed by atoms with Gasteiger partial charge in [-0.2, -0.15) is 5.26 Å². The van der Waals surface area contributed by atoms with Crippen molar-refractivity contribution in [1.29, 1.82) is 5.26 Å². The third-order valence-electron chi connectivity index (χ3n) is 4.62. The topological polar surface area (TPSA) is 145 Å². The quantitative estimate of drug-likeness (QED) is 0.477. The Morgan fingerprint density at radius 1 is 1.09 bits per heavy atom. The van der Waals surface area contributed by atoms with E-state index in [1.54, 1.807) is 31.2 Å². The molecule has 2 aromatic carbocycles. The molecule has 0 radical (unpaired) electrons. The maximum absolute atomic E-state index is 13.7. The number of fused-ring (bicyclic) bond motifs is 1. The fourth-order valence-corrected chi connectivity index (χ4v) is 4.23. The molecule has 4 rings (SSSR count). The number of ether oxygens (including phenoxy) is 1. The predicted molar refractivity (Wildman–Crippen MR) is 116 cm³/mol. The summed E-state index contributed by atoms with van der Waals surface area (Å²) in [6, 6.07) is 12.1. The maximum Gasteiger partial charge on any atom is 0.279 e. The van der Waals surface area contributed by atoms with E-state index in [9.17, 15) is 14.0 Å². The van der Waals surface area contributed by atoms with Gasteiger partial charge in [-0.3, -0.25) is 9.59 Å². The number of nitrogens with zero attached hydrogens (tertiary/aromatic N) is 3. The van der Waals surface area contributed by atoms with Gasteiger partial charge in [-0.05, 0) is 43.3 Å². The Balaban J connectivity index is 1.91. The molecule has 8 nitrogen and oxygen atoms in total. The molecule has 32 heavy (non-hydrogen) atoms. The van der Waals surface area contributed by atoms with Crippen LogP contribution in [0, 0.1) is 24.1 Å². The molecular formula is C22H14FN5O3S. The molecule has 0 bridgehead atoms. The van der Waals surface area contributed by atoms with E-state index < -0.39 is 17.6 Å². The van der Waals surface area contributed by atoms with Gasteiger partial charge < -0.3 is 16.2 Å². The first-order chi connectivity index (χ1) is 15.3. The Morgan fingerprint density at radius 3 is 2.44 bits per heavy atom. The van der Waals surface area contributed by atoms with Crippen LogP contribution in [0.4, 0.5) is 4.39 Å². The van der Waals surface area contributed by atoms with E-state index in [0.29, 0.717) is 21.9 Å². The number of pyridine rings is 1. The molecule has 0 saturated carbocycles. The van der Waals surface area contributed by atoms with Crippen LogP contribution in [-0.2, 0) is 0 Å². The molecule has 0 aliphatic rings. The molecule has 2 amide bonds. The molecule has 0 fully saturated rings. The normalized spacial score (nSPS) is 10.7. The zero-order valence-corrected chi connectivity index (χ0v) is 17.4. The van der Waals surface area contributed by atoms with E-state index in [4.69, 9.17) is 21.5 Å². The molecular weight excluding hydrogens is 433 g/mol. The van der Waals surface area contributed by atoms with Crippen molar-refractivity contribution in [2.45, 2.75) is 6.92 Å². The SMILES string of the molecule is Cc1nc(Oc2ccc(C#N)cc2)sc1-c1c(C(N)=O)nc2cc(F)ccc2c1C(N)=O. The first-order valence-electron chi connectivity index (χ1n) is 9.17. The van der Waals surface area contributed by atoms with Crippen molar-refractivity contribution < 1.29 is 18.7 Å². The number of benzene rings is 2. The number of hydrogen-bond donors (Lipinski definition) is 2. The van der Waals surface area contributed by atoms with Crippen LogP contribution < -0.4 is 16.2 Å². The Hall–Kier alpha value is -4.36. The lowest BCUT2D eigenvalue weighted by atomic mass is 9.97. The molecule has 0 aliphatic heterocycles. The summed E-state index contributed by atoms with van der Waals surface area (Å²) >= 11 is 1.06. The molecule has 10 heteroatoms. The van der Waals surface area contributed by atoms with Crippen LogP contribution >= 0.6 is 11.3 Å². The van der Waals surface area contributed by atoms with Gasteiger partial charge in [-0.25, -0.2) is 14.4 Å². The average Bonchev–Trinajstić information content (AvgIpc) is 3.12. The Kier molecular flexibility index (Phi) is 5.26. The number of nitrogens with two attached hydrogens (primary N) is 2. The first-order valence-corrected chi connectivity index (χ1v) is 9.99. The van der Waals surface area contributed by atoms with Crippen LogP contribution in [0.5, 0.6) is 10.9 Å². The molecule has 0 aliphatic carbocycles. The molecule has 0 spiro atoms. The molecule has 0 saturated heterocycles. The smallest absolute Gasteiger partial charge is 0.279 e. The fraction of sp³-hybridized carbons (Fsp3) is 0.0455. The second-order valence-corrected chi connectivity index (χ2v) is 7.69. The molecule has 0 atom stereocenters. The van der Waals surface area contributed by atoms with Gasteiger partial charge >= 0.3 is 0 Å². The van der Waals surface area contributed by atoms with Crippen LogP contribution in [0.25, 0.3) is 21.3 Å². The molecule has 0 unspecified atom stereocenters. The average molecular weight is 447 g/mol.